The van der Waals surface area contributed by atoms with Crippen molar-refractivity contribution in [1.29, 1.82) is 0 Å². The number of aryl methyl sites for hydroxylation is 1. The van der Waals surface area contributed by atoms with Gasteiger partial charge >= 0.3 is 5.97 Å². The molecule has 1 aliphatic rings. The molecule has 0 aliphatic heterocycles. The van der Waals surface area contributed by atoms with Gasteiger partial charge in [0.2, 0.25) is 0 Å². The van der Waals surface area contributed by atoms with Crippen molar-refractivity contribution in [1.82, 2.24) is 5.32 Å². The molecule has 2 N–H and O–H groups in total. The molecule has 92 valence electrons. The number of hydrogen-bond donors (Lipinski definition) is 2. The molecule has 2 rings (SSSR count). The average Bonchev–Trinajstić information content (AvgIpc) is 2.71. The van der Waals surface area contributed by atoms with E-state index in [4.69, 9.17) is 9.84 Å². The maximum Gasteiger partial charge on any atom is 0.304 e. The second kappa shape index (κ2) is 5.19. The minimum Gasteiger partial charge on any atom is -0.497 e. The predicted octanol–water partition coefficient (Wildman–Crippen LogP) is 1.75. The van der Waals surface area contributed by atoms with Crippen LogP contribution in [0.15, 0.2) is 18.2 Å². The Bertz CT molecular complexity index is 417. The Morgan fingerprint density at radius 3 is 3.12 bits per heavy atom. The lowest BCUT2D eigenvalue weighted by Gasteiger charge is -2.14. The van der Waals surface area contributed by atoms with Crippen molar-refractivity contribution < 1.29 is 14.6 Å². The predicted molar refractivity (Wildman–Crippen MR) is 64.3 cm³/mol. The fraction of sp³-hybridized carbons (Fsp3) is 0.462. The number of hydrogen-bond acceptors (Lipinski definition) is 3. The quantitative estimate of drug-likeness (QED) is 0.816. The van der Waals surface area contributed by atoms with E-state index in [-0.39, 0.29) is 12.5 Å². The van der Waals surface area contributed by atoms with Gasteiger partial charge in [0, 0.05) is 12.6 Å². The number of aliphatic carboxylic acids is 1. The molecule has 17 heavy (non-hydrogen) atoms. The van der Waals surface area contributed by atoms with Crippen molar-refractivity contribution in [3.05, 3.63) is 29.3 Å². The van der Waals surface area contributed by atoms with Crippen LogP contribution in [0.2, 0.25) is 0 Å². The van der Waals surface area contributed by atoms with E-state index in [0.29, 0.717) is 6.54 Å². The first-order chi connectivity index (χ1) is 8.20. The van der Waals surface area contributed by atoms with Gasteiger partial charge in [0.1, 0.15) is 5.75 Å². The summed E-state index contributed by atoms with van der Waals surface area (Å²) in [5, 5.41) is 11.9. The number of carboxylic acid groups (broad SMARTS) is 1. The number of ether oxygens (including phenoxy) is 1. The summed E-state index contributed by atoms with van der Waals surface area (Å²) in [6, 6.07) is 6.37. The number of methoxy groups -OCH3 is 1. The Kier molecular flexibility index (Phi) is 3.64. The van der Waals surface area contributed by atoms with E-state index in [0.717, 1.165) is 18.6 Å². The second-order valence-electron chi connectivity index (χ2n) is 4.25. The van der Waals surface area contributed by atoms with Gasteiger partial charge in [-0.25, -0.2) is 0 Å². The minimum absolute atomic E-state index is 0.163. The SMILES string of the molecule is COc1ccc2c(c1)C(NCCC(=O)O)CC2. The fourth-order valence-electron chi connectivity index (χ4n) is 2.27. The molecule has 0 radical (unpaired) electrons. The van der Waals surface area contributed by atoms with Crippen LogP contribution in [0.25, 0.3) is 0 Å². The highest BCUT2D eigenvalue weighted by Gasteiger charge is 2.22. The molecule has 0 bridgehead atoms. The Morgan fingerprint density at radius 2 is 2.41 bits per heavy atom. The van der Waals surface area contributed by atoms with E-state index in [1.807, 2.05) is 12.1 Å². The van der Waals surface area contributed by atoms with Crippen LogP contribution in [0.5, 0.6) is 5.75 Å². The van der Waals surface area contributed by atoms with Gasteiger partial charge < -0.3 is 15.2 Å². The van der Waals surface area contributed by atoms with Gasteiger partial charge in [-0.2, -0.15) is 0 Å². The third kappa shape index (κ3) is 2.77. The maximum absolute atomic E-state index is 10.5. The number of benzene rings is 1. The molecule has 4 nitrogen and oxygen atoms in total. The number of rotatable bonds is 5. The van der Waals surface area contributed by atoms with E-state index in [2.05, 4.69) is 11.4 Å². The van der Waals surface area contributed by atoms with Gasteiger partial charge in [-0.1, -0.05) is 6.07 Å². The molecule has 0 fully saturated rings. The minimum atomic E-state index is -0.763. The molecule has 0 saturated carbocycles. The largest absolute Gasteiger partial charge is 0.497 e. The lowest BCUT2D eigenvalue weighted by molar-refractivity contribution is -0.136. The first kappa shape index (κ1) is 11.9. The van der Waals surface area contributed by atoms with E-state index in [9.17, 15) is 4.79 Å². The fourth-order valence-corrected chi connectivity index (χ4v) is 2.27. The van der Waals surface area contributed by atoms with Crippen LogP contribution in [-0.4, -0.2) is 24.7 Å². The van der Waals surface area contributed by atoms with E-state index < -0.39 is 5.97 Å². The number of nitrogens with one attached hydrogen (secondary N) is 1. The zero-order valence-electron chi connectivity index (χ0n) is 9.90. The molecule has 1 atom stereocenters. The molecule has 4 heteroatoms. The van der Waals surface area contributed by atoms with Crippen LogP contribution in [0.3, 0.4) is 0 Å². The summed E-state index contributed by atoms with van der Waals surface area (Å²) in [7, 11) is 1.66. The Hall–Kier alpha value is -1.55. The molecule has 0 heterocycles. The zero-order valence-corrected chi connectivity index (χ0v) is 9.90. The smallest absolute Gasteiger partial charge is 0.304 e. The summed E-state index contributed by atoms with van der Waals surface area (Å²) < 4.78 is 5.21. The summed E-state index contributed by atoms with van der Waals surface area (Å²) in [6.07, 6.45) is 2.24. The van der Waals surface area contributed by atoms with E-state index in [1.54, 1.807) is 7.11 Å². The molecular weight excluding hydrogens is 218 g/mol. The van der Waals surface area contributed by atoms with Crippen LogP contribution in [-0.2, 0) is 11.2 Å². The highest BCUT2D eigenvalue weighted by atomic mass is 16.5. The lowest BCUT2D eigenvalue weighted by atomic mass is 10.1. The molecular formula is C13H17NO3. The van der Waals surface area contributed by atoms with Gasteiger partial charge in [-0.3, -0.25) is 4.79 Å². The number of carboxylic acids is 1. The normalized spacial score (nSPS) is 17.8. The van der Waals surface area contributed by atoms with Gasteiger partial charge in [-0.15, -0.1) is 0 Å². The summed E-state index contributed by atoms with van der Waals surface area (Å²) in [5.41, 5.74) is 2.58. The molecule has 1 aromatic rings. The van der Waals surface area contributed by atoms with Gasteiger partial charge in [-0.05, 0) is 36.1 Å². The number of fused-ring (bicyclic) bond motifs is 1. The molecule has 0 saturated heterocycles. The van der Waals surface area contributed by atoms with Gasteiger partial charge in [0.05, 0.1) is 13.5 Å². The third-order valence-corrected chi connectivity index (χ3v) is 3.16. The molecule has 1 unspecified atom stereocenters. The third-order valence-electron chi connectivity index (χ3n) is 3.16. The summed E-state index contributed by atoms with van der Waals surface area (Å²) in [6.45, 7) is 0.511. The summed E-state index contributed by atoms with van der Waals surface area (Å²) >= 11 is 0. The zero-order chi connectivity index (χ0) is 12.3. The highest BCUT2D eigenvalue weighted by Crippen LogP contribution is 2.33. The second-order valence-corrected chi connectivity index (χ2v) is 4.25. The van der Waals surface area contributed by atoms with Gasteiger partial charge in [0.15, 0.2) is 0 Å². The highest BCUT2D eigenvalue weighted by molar-refractivity contribution is 5.66. The number of carbonyl (C=O) groups is 1. The van der Waals surface area contributed by atoms with Crippen molar-refractivity contribution >= 4 is 5.97 Å². The molecule has 0 amide bonds. The molecule has 1 aliphatic carbocycles. The van der Waals surface area contributed by atoms with Gasteiger partial charge in [0.25, 0.3) is 0 Å². The Morgan fingerprint density at radius 1 is 1.59 bits per heavy atom. The molecule has 0 spiro atoms. The van der Waals surface area contributed by atoms with Crippen LogP contribution in [0.1, 0.15) is 30.0 Å². The van der Waals surface area contributed by atoms with Crippen LogP contribution < -0.4 is 10.1 Å². The first-order valence-corrected chi connectivity index (χ1v) is 5.82. The van der Waals surface area contributed by atoms with E-state index >= 15 is 0 Å². The van der Waals surface area contributed by atoms with Crippen molar-refractivity contribution in [3.63, 3.8) is 0 Å². The Labute approximate surface area is 101 Å². The summed E-state index contributed by atoms with van der Waals surface area (Å²) in [5.74, 6) is 0.0945. The van der Waals surface area contributed by atoms with Crippen LogP contribution >= 0.6 is 0 Å². The van der Waals surface area contributed by atoms with E-state index in [1.165, 1.54) is 11.1 Å². The van der Waals surface area contributed by atoms with Crippen molar-refractivity contribution in [2.24, 2.45) is 0 Å². The van der Waals surface area contributed by atoms with Crippen LogP contribution in [0, 0.1) is 0 Å². The van der Waals surface area contributed by atoms with Crippen molar-refractivity contribution in [3.8, 4) is 5.75 Å². The summed E-state index contributed by atoms with van der Waals surface area (Å²) in [4.78, 5) is 10.5. The average molecular weight is 235 g/mol. The standard InChI is InChI=1S/C13H17NO3/c1-17-10-4-2-9-3-5-12(11(9)8-10)14-7-6-13(15)16/h2,4,8,12,14H,3,5-7H2,1H3,(H,15,16). The first-order valence-electron chi connectivity index (χ1n) is 5.82. The van der Waals surface area contributed by atoms with Crippen molar-refractivity contribution in [2.45, 2.75) is 25.3 Å². The molecule has 1 aromatic carbocycles. The van der Waals surface area contributed by atoms with Crippen molar-refractivity contribution in [2.75, 3.05) is 13.7 Å². The topological polar surface area (TPSA) is 58.6 Å². The maximum atomic E-state index is 10.5. The lowest BCUT2D eigenvalue weighted by Crippen LogP contribution is -2.22. The Balaban J connectivity index is 2.02. The monoisotopic (exact) mass is 235 g/mol. The van der Waals surface area contributed by atoms with Crippen LogP contribution in [0.4, 0.5) is 0 Å². The molecule has 0 aromatic heterocycles.